The second kappa shape index (κ2) is 9.93. The number of hydrogen-bond acceptors (Lipinski definition) is 5. The van der Waals surface area contributed by atoms with Gasteiger partial charge in [-0.1, -0.05) is 84.9 Å². The topological polar surface area (TPSA) is 63.7 Å². The third-order valence-corrected chi connectivity index (χ3v) is 9.36. The lowest BCUT2D eigenvalue weighted by Crippen LogP contribution is -2.36. The summed E-state index contributed by atoms with van der Waals surface area (Å²) in [6.07, 6.45) is -0.371. The zero-order chi connectivity index (χ0) is 29.1. The van der Waals surface area contributed by atoms with Crippen molar-refractivity contribution in [1.29, 1.82) is 0 Å². The number of benzene rings is 5. The van der Waals surface area contributed by atoms with Crippen LogP contribution >= 0.6 is 11.3 Å². The minimum atomic E-state index is -0.371. The van der Waals surface area contributed by atoms with Gasteiger partial charge in [0.05, 0.1) is 11.0 Å². The predicted octanol–water partition coefficient (Wildman–Crippen LogP) is 7.41. The average Bonchev–Trinajstić information content (AvgIpc) is 3.54. The summed E-state index contributed by atoms with van der Waals surface area (Å²) in [5.74, 6) is 1.56. The molecule has 0 saturated carbocycles. The van der Waals surface area contributed by atoms with Gasteiger partial charge in [0.25, 0.3) is 0 Å². The molecule has 0 saturated heterocycles. The number of nitrogens with one attached hydrogen (secondary N) is 1. The molecule has 0 spiro atoms. The van der Waals surface area contributed by atoms with Crippen LogP contribution in [-0.4, -0.2) is 20.8 Å². The standard InChI is InChI=1S/C36H27N5OS/c1-40-29-18-16-24(20-30(29)41(2)36(40)42)23-11-8-12-25(19-23)34-37-33(22-9-4-3-5-10-22)38-35(39-34)26-15-17-28-27-13-6-7-14-31(27)43-32(28)21-26/h3-21,33H,1-2H3,(H,37,38,39). The van der Waals surface area contributed by atoms with Gasteiger partial charge >= 0.3 is 5.69 Å². The Morgan fingerprint density at radius 3 is 2.09 bits per heavy atom. The third kappa shape index (κ3) is 4.28. The summed E-state index contributed by atoms with van der Waals surface area (Å²) in [4.78, 5) is 22.7. The number of amidine groups is 2. The monoisotopic (exact) mass is 577 g/mol. The van der Waals surface area contributed by atoms with Gasteiger partial charge in [-0.25, -0.2) is 14.8 Å². The summed E-state index contributed by atoms with van der Waals surface area (Å²) in [5.41, 5.74) is 6.90. The van der Waals surface area contributed by atoms with Crippen molar-refractivity contribution >= 4 is 54.2 Å². The Morgan fingerprint density at radius 1 is 0.605 bits per heavy atom. The minimum absolute atomic E-state index is 0.0331. The average molecular weight is 578 g/mol. The van der Waals surface area contributed by atoms with Crippen LogP contribution in [0.15, 0.2) is 130 Å². The van der Waals surface area contributed by atoms with E-state index in [-0.39, 0.29) is 11.9 Å². The summed E-state index contributed by atoms with van der Waals surface area (Å²) in [7, 11) is 3.62. The molecule has 1 atom stereocenters. The van der Waals surface area contributed by atoms with E-state index >= 15 is 0 Å². The third-order valence-electron chi connectivity index (χ3n) is 8.23. The fraction of sp³-hybridized carbons (Fsp3) is 0.0833. The van der Waals surface area contributed by atoms with Gasteiger partial charge < -0.3 is 5.32 Å². The maximum absolute atomic E-state index is 12.5. The number of fused-ring (bicyclic) bond motifs is 4. The molecule has 8 rings (SSSR count). The molecule has 1 aliphatic heterocycles. The van der Waals surface area contributed by atoms with E-state index in [2.05, 4.69) is 96.3 Å². The highest BCUT2D eigenvalue weighted by Crippen LogP contribution is 2.35. The van der Waals surface area contributed by atoms with Gasteiger partial charge in [0.2, 0.25) is 0 Å². The highest BCUT2D eigenvalue weighted by Gasteiger charge is 2.21. The summed E-state index contributed by atoms with van der Waals surface area (Å²) < 4.78 is 5.88. The van der Waals surface area contributed by atoms with E-state index in [1.807, 2.05) is 31.3 Å². The molecule has 7 aromatic rings. The molecular formula is C36H27N5OS. The molecule has 0 amide bonds. The lowest BCUT2D eigenvalue weighted by Gasteiger charge is -2.22. The number of aryl methyl sites for hydroxylation is 2. The maximum atomic E-state index is 12.5. The van der Waals surface area contributed by atoms with Crippen molar-refractivity contribution in [2.24, 2.45) is 24.1 Å². The van der Waals surface area contributed by atoms with Crippen LogP contribution in [0.4, 0.5) is 0 Å². The van der Waals surface area contributed by atoms with E-state index in [9.17, 15) is 4.79 Å². The molecule has 3 heterocycles. The molecule has 0 radical (unpaired) electrons. The van der Waals surface area contributed by atoms with E-state index in [0.717, 1.165) is 50.5 Å². The van der Waals surface area contributed by atoms with Crippen molar-refractivity contribution in [1.82, 2.24) is 14.5 Å². The molecule has 1 aliphatic rings. The molecule has 0 aliphatic carbocycles. The maximum Gasteiger partial charge on any atom is 0.328 e. The largest absolute Gasteiger partial charge is 0.328 e. The van der Waals surface area contributed by atoms with Crippen molar-refractivity contribution in [2.75, 3.05) is 0 Å². The van der Waals surface area contributed by atoms with Crippen LogP contribution in [0, 0.1) is 0 Å². The number of aromatic nitrogens is 2. The zero-order valence-electron chi connectivity index (χ0n) is 23.7. The van der Waals surface area contributed by atoms with Crippen molar-refractivity contribution in [3.63, 3.8) is 0 Å². The fourth-order valence-electron chi connectivity index (χ4n) is 5.92. The van der Waals surface area contributed by atoms with E-state index < -0.39 is 0 Å². The van der Waals surface area contributed by atoms with E-state index in [4.69, 9.17) is 9.98 Å². The molecule has 7 heteroatoms. The first kappa shape index (κ1) is 25.4. The van der Waals surface area contributed by atoms with Crippen LogP contribution in [-0.2, 0) is 14.1 Å². The van der Waals surface area contributed by atoms with Gasteiger partial charge in [0, 0.05) is 45.4 Å². The Hall–Kier alpha value is -5.27. The Kier molecular flexibility index (Phi) is 5.87. The molecule has 2 aromatic heterocycles. The molecule has 5 aromatic carbocycles. The van der Waals surface area contributed by atoms with Crippen LogP contribution in [0.2, 0.25) is 0 Å². The molecule has 0 bridgehead atoms. The lowest BCUT2D eigenvalue weighted by atomic mass is 10.0. The summed E-state index contributed by atoms with van der Waals surface area (Å²) in [6, 6.07) is 39.8. The van der Waals surface area contributed by atoms with E-state index in [0.29, 0.717) is 0 Å². The lowest BCUT2D eigenvalue weighted by molar-refractivity contribution is 0.756. The van der Waals surface area contributed by atoms with Gasteiger partial charge in [-0.2, -0.15) is 0 Å². The number of thiophene rings is 1. The Morgan fingerprint density at radius 2 is 1.26 bits per heavy atom. The normalized spacial score (nSPS) is 15.1. The number of rotatable bonds is 4. The van der Waals surface area contributed by atoms with Gasteiger partial charge in [-0.05, 0) is 47.0 Å². The first-order valence-electron chi connectivity index (χ1n) is 14.2. The van der Waals surface area contributed by atoms with Gasteiger partial charge in [-0.15, -0.1) is 11.3 Å². The molecular weight excluding hydrogens is 550 g/mol. The van der Waals surface area contributed by atoms with Crippen molar-refractivity contribution in [3.8, 4) is 11.1 Å². The molecule has 0 fully saturated rings. The second-order valence-corrected chi connectivity index (χ2v) is 11.9. The van der Waals surface area contributed by atoms with Crippen LogP contribution in [0.3, 0.4) is 0 Å². The summed E-state index contributed by atoms with van der Waals surface area (Å²) in [5, 5.41) is 6.11. The number of hydrogen-bond donors (Lipinski definition) is 1. The van der Waals surface area contributed by atoms with Crippen molar-refractivity contribution < 1.29 is 0 Å². The summed E-state index contributed by atoms with van der Waals surface area (Å²) in [6.45, 7) is 0. The highest BCUT2D eigenvalue weighted by molar-refractivity contribution is 7.25. The van der Waals surface area contributed by atoms with Crippen molar-refractivity contribution in [3.05, 3.63) is 142 Å². The SMILES string of the molecule is Cn1c(=O)n(C)c2cc(-c3cccc(C4=NC(c5ccccc5)N=C(c5ccc6c(c5)sc5ccccc56)N4)c3)ccc21. The molecule has 1 N–H and O–H groups in total. The number of aliphatic imine (C=N–C) groups is 2. The Bertz CT molecular complexity index is 2320. The molecule has 43 heavy (non-hydrogen) atoms. The second-order valence-electron chi connectivity index (χ2n) is 10.9. The van der Waals surface area contributed by atoms with Crippen LogP contribution in [0.25, 0.3) is 42.3 Å². The first-order valence-corrected chi connectivity index (χ1v) is 15.0. The number of imidazole rings is 1. The smallest absolute Gasteiger partial charge is 0.324 e. The summed E-state index contributed by atoms with van der Waals surface area (Å²) >= 11 is 1.80. The van der Waals surface area contributed by atoms with Crippen LogP contribution < -0.4 is 11.0 Å². The fourth-order valence-corrected chi connectivity index (χ4v) is 7.07. The molecule has 208 valence electrons. The van der Waals surface area contributed by atoms with Crippen LogP contribution in [0.1, 0.15) is 22.9 Å². The predicted molar refractivity (Wildman–Crippen MR) is 178 cm³/mol. The van der Waals surface area contributed by atoms with E-state index in [1.165, 1.54) is 20.2 Å². The molecule has 6 nitrogen and oxygen atoms in total. The van der Waals surface area contributed by atoms with Gasteiger partial charge in [0.15, 0.2) is 6.17 Å². The Labute approximate surface area is 251 Å². The van der Waals surface area contributed by atoms with E-state index in [1.54, 1.807) is 27.5 Å². The van der Waals surface area contributed by atoms with Gasteiger partial charge in [-0.3, -0.25) is 9.13 Å². The number of nitrogens with zero attached hydrogens (tertiary/aromatic N) is 4. The Balaban J connectivity index is 1.21. The van der Waals surface area contributed by atoms with Crippen LogP contribution in [0.5, 0.6) is 0 Å². The van der Waals surface area contributed by atoms with Crippen molar-refractivity contribution in [2.45, 2.75) is 6.17 Å². The molecule has 1 unspecified atom stereocenters. The minimum Gasteiger partial charge on any atom is -0.324 e. The van der Waals surface area contributed by atoms with Gasteiger partial charge in [0.1, 0.15) is 11.7 Å². The first-order chi connectivity index (χ1) is 21.0. The highest BCUT2D eigenvalue weighted by atomic mass is 32.1. The quantitative estimate of drug-likeness (QED) is 0.237. The zero-order valence-corrected chi connectivity index (χ0v) is 24.5.